The number of nitrogens with one attached hydrogen (secondary N) is 2. The molecule has 0 saturated carbocycles. The second-order valence-corrected chi connectivity index (χ2v) is 8.59. The topological polar surface area (TPSA) is 110 Å². The third-order valence-corrected chi connectivity index (χ3v) is 5.62. The van der Waals surface area contributed by atoms with Crippen LogP contribution in [0.1, 0.15) is 34.8 Å². The zero-order valence-electron chi connectivity index (χ0n) is 18.5. The zero-order valence-corrected chi connectivity index (χ0v) is 19.3. The third kappa shape index (κ3) is 6.63. The van der Waals surface area contributed by atoms with Crippen LogP contribution in [0.15, 0.2) is 63.4 Å². The number of nitrogens with zero attached hydrogens (tertiary/aromatic N) is 1. The van der Waals surface area contributed by atoms with Crippen molar-refractivity contribution in [1.82, 2.24) is 10.7 Å². The Hall–Kier alpha value is -3.72. The van der Waals surface area contributed by atoms with E-state index in [1.54, 1.807) is 36.4 Å². The Morgan fingerprint density at radius 2 is 1.97 bits per heavy atom. The third-order valence-electron chi connectivity index (χ3n) is 4.74. The lowest BCUT2D eigenvalue weighted by Gasteiger charge is -2.20. The number of methoxy groups -OCH3 is 1. The van der Waals surface area contributed by atoms with Crippen molar-refractivity contribution in [3.8, 4) is 11.3 Å². The van der Waals surface area contributed by atoms with Crippen LogP contribution in [0.5, 0.6) is 0 Å². The van der Waals surface area contributed by atoms with E-state index in [4.69, 9.17) is 9.15 Å². The van der Waals surface area contributed by atoms with Crippen LogP contribution in [0.3, 0.4) is 0 Å². The first-order chi connectivity index (χ1) is 15.9. The molecule has 9 heteroatoms. The number of hydrogen-bond acceptors (Lipinski definition) is 7. The maximum absolute atomic E-state index is 12.6. The lowest BCUT2D eigenvalue weighted by atomic mass is 10.0. The molecule has 0 fully saturated rings. The lowest BCUT2D eigenvalue weighted by molar-refractivity contribution is -0.129. The predicted octanol–water partition coefficient (Wildman–Crippen LogP) is 3.63. The molecule has 2 N–H and O–H groups in total. The van der Waals surface area contributed by atoms with Gasteiger partial charge in [-0.1, -0.05) is 32.0 Å². The first-order valence-electron chi connectivity index (χ1n) is 10.3. The summed E-state index contributed by atoms with van der Waals surface area (Å²) < 4.78 is 10.5. The van der Waals surface area contributed by atoms with Crippen LogP contribution in [0, 0.1) is 5.92 Å². The molecule has 1 aromatic carbocycles. The average molecular weight is 468 g/mol. The van der Waals surface area contributed by atoms with Gasteiger partial charge in [-0.25, -0.2) is 10.2 Å². The minimum atomic E-state index is -0.720. The van der Waals surface area contributed by atoms with Gasteiger partial charge >= 0.3 is 5.97 Å². The smallest absolute Gasteiger partial charge is 0.337 e. The molecule has 0 aliphatic carbocycles. The molecule has 8 nitrogen and oxygen atoms in total. The number of carbonyl (C=O) groups excluding carboxylic acids is 3. The van der Waals surface area contributed by atoms with E-state index in [2.05, 4.69) is 15.8 Å². The largest absolute Gasteiger partial charge is 0.465 e. The number of carbonyl (C=O) groups is 3. The van der Waals surface area contributed by atoms with Crippen LogP contribution in [0.2, 0.25) is 0 Å². The summed E-state index contributed by atoms with van der Waals surface area (Å²) in [5.74, 6) is -0.246. The second-order valence-electron chi connectivity index (χ2n) is 7.55. The van der Waals surface area contributed by atoms with Crippen LogP contribution in [0.25, 0.3) is 11.3 Å². The Morgan fingerprint density at radius 1 is 1.15 bits per heavy atom. The number of hydrogen-bond donors (Lipinski definition) is 2. The lowest BCUT2D eigenvalue weighted by Crippen LogP contribution is -2.49. The average Bonchev–Trinajstić information content (AvgIpc) is 3.49. The van der Waals surface area contributed by atoms with Gasteiger partial charge in [-0.3, -0.25) is 9.59 Å². The second kappa shape index (κ2) is 11.2. The minimum Gasteiger partial charge on any atom is -0.465 e. The fraction of sp³-hybridized carbons (Fsp3) is 0.250. The first-order valence-corrected chi connectivity index (χ1v) is 11.2. The number of amides is 2. The number of benzene rings is 1. The molecule has 0 saturated heterocycles. The summed E-state index contributed by atoms with van der Waals surface area (Å²) >= 11 is 1.49. The van der Waals surface area contributed by atoms with Gasteiger partial charge in [0.25, 0.3) is 5.91 Å². The van der Waals surface area contributed by atoms with Gasteiger partial charge in [0, 0.05) is 10.4 Å². The number of rotatable bonds is 9. The van der Waals surface area contributed by atoms with Crippen LogP contribution >= 0.6 is 11.3 Å². The highest BCUT2D eigenvalue weighted by atomic mass is 32.1. The molecule has 1 atom stereocenters. The van der Waals surface area contributed by atoms with Gasteiger partial charge in [-0.05, 0) is 41.6 Å². The number of furan rings is 1. The SMILES string of the molecule is COC(=O)c1cccc(-c2ccc(/C=N/NC(=O)[C@H](NC(=O)Cc3cccs3)C(C)C)o2)c1. The number of thiophene rings is 1. The van der Waals surface area contributed by atoms with Crippen molar-refractivity contribution < 1.29 is 23.5 Å². The van der Waals surface area contributed by atoms with Crippen molar-refractivity contribution in [3.05, 3.63) is 70.1 Å². The molecule has 0 radical (unpaired) electrons. The molecular formula is C24H25N3O5S. The first kappa shape index (κ1) is 23.9. The van der Waals surface area contributed by atoms with E-state index < -0.39 is 17.9 Å². The summed E-state index contributed by atoms with van der Waals surface area (Å²) in [7, 11) is 1.32. The minimum absolute atomic E-state index is 0.121. The van der Waals surface area contributed by atoms with E-state index >= 15 is 0 Å². The molecule has 2 amide bonds. The fourth-order valence-electron chi connectivity index (χ4n) is 3.05. The summed E-state index contributed by atoms with van der Waals surface area (Å²) in [5, 5.41) is 8.62. The molecule has 2 aromatic heterocycles. The molecule has 0 aliphatic rings. The number of ether oxygens (including phenoxy) is 1. The Labute approximate surface area is 195 Å². The van der Waals surface area contributed by atoms with Crippen molar-refractivity contribution in [2.75, 3.05) is 7.11 Å². The molecule has 0 bridgehead atoms. The quantitative estimate of drug-likeness (QED) is 0.284. The van der Waals surface area contributed by atoms with Crippen LogP contribution in [-0.2, 0) is 20.7 Å². The van der Waals surface area contributed by atoms with Crippen LogP contribution in [0.4, 0.5) is 0 Å². The van der Waals surface area contributed by atoms with Crippen molar-refractivity contribution in [1.29, 1.82) is 0 Å². The Bertz CT molecular complexity index is 1130. The maximum atomic E-state index is 12.6. The van der Waals surface area contributed by atoms with Crippen LogP contribution in [-0.4, -0.2) is 37.1 Å². The van der Waals surface area contributed by atoms with E-state index in [-0.39, 0.29) is 18.2 Å². The Morgan fingerprint density at radius 3 is 2.67 bits per heavy atom. The molecule has 3 rings (SSSR count). The molecule has 33 heavy (non-hydrogen) atoms. The number of hydrazone groups is 1. The van der Waals surface area contributed by atoms with Gasteiger partial charge in [-0.15, -0.1) is 11.3 Å². The zero-order chi connectivity index (χ0) is 23.8. The van der Waals surface area contributed by atoms with Gasteiger partial charge in [0.1, 0.15) is 17.6 Å². The highest BCUT2D eigenvalue weighted by Gasteiger charge is 2.24. The van der Waals surface area contributed by atoms with Gasteiger partial charge in [0.2, 0.25) is 5.91 Å². The molecule has 0 spiro atoms. The Balaban J connectivity index is 1.59. The van der Waals surface area contributed by atoms with Crippen molar-refractivity contribution in [3.63, 3.8) is 0 Å². The molecule has 2 heterocycles. The molecule has 3 aromatic rings. The van der Waals surface area contributed by atoms with Gasteiger partial charge in [0.05, 0.1) is 25.3 Å². The van der Waals surface area contributed by atoms with Crippen LogP contribution < -0.4 is 10.7 Å². The van der Waals surface area contributed by atoms with E-state index in [9.17, 15) is 14.4 Å². The maximum Gasteiger partial charge on any atom is 0.337 e. The van der Waals surface area contributed by atoms with E-state index in [1.807, 2.05) is 31.4 Å². The molecule has 172 valence electrons. The summed E-state index contributed by atoms with van der Waals surface area (Å²) in [6, 6.07) is 13.3. The summed E-state index contributed by atoms with van der Waals surface area (Å²) in [6.45, 7) is 3.70. The fourth-order valence-corrected chi connectivity index (χ4v) is 3.76. The standard InChI is InChI=1S/C24H25N3O5S/c1-15(2)22(26-21(28)13-19-8-5-11-33-19)23(29)27-25-14-18-9-10-20(32-18)16-6-4-7-17(12-16)24(30)31-3/h4-12,14-15,22H,13H2,1-3H3,(H,26,28)(H,27,29)/b25-14+/t22-/m1/s1. The molecule has 0 aliphatic heterocycles. The van der Waals surface area contributed by atoms with Crippen molar-refractivity contribution in [2.45, 2.75) is 26.3 Å². The molecular weight excluding hydrogens is 442 g/mol. The van der Waals surface area contributed by atoms with Gasteiger partial charge < -0.3 is 14.5 Å². The summed E-state index contributed by atoms with van der Waals surface area (Å²) in [6.07, 6.45) is 1.60. The van der Waals surface area contributed by atoms with Gasteiger partial charge in [-0.2, -0.15) is 5.10 Å². The predicted molar refractivity (Wildman–Crippen MR) is 126 cm³/mol. The Kier molecular flexibility index (Phi) is 8.15. The van der Waals surface area contributed by atoms with Crippen molar-refractivity contribution >= 4 is 35.3 Å². The van der Waals surface area contributed by atoms with E-state index in [0.717, 1.165) is 4.88 Å². The van der Waals surface area contributed by atoms with E-state index in [0.29, 0.717) is 22.6 Å². The normalized spacial score (nSPS) is 12.0. The van der Waals surface area contributed by atoms with Crippen molar-refractivity contribution in [2.24, 2.45) is 11.0 Å². The van der Waals surface area contributed by atoms with Gasteiger partial charge in [0.15, 0.2) is 0 Å². The molecule has 0 unspecified atom stereocenters. The highest BCUT2D eigenvalue weighted by molar-refractivity contribution is 7.10. The summed E-state index contributed by atoms with van der Waals surface area (Å²) in [4.78, 5) is 37.5. The monoisotopic (exact) mass is 467 g/mol. The van der Waals surface area contributed by atoms with E-state index in [1.165, 1.54) is 24.7 Å². The summed E-state index contributed by atoms with van der Waals surface area (Å²) in [5.41, 5.74) is 3.57. The number of esters is 1. The highest BCUT2D eigenvalue weighted by Crippen LogP contribution is 2.23.